The standard InChI is InChI=1S/C12H19N5O/c1-4-5-18-12-10(14)11(15-8-16-12)17(3)7-9(2)6-13/h8-9H,4-5,7,14H2,1-3H3. The lowest BCUT2D eigenvalue weighted by Gasteiger charge is -2.21. The van der Waals surface area contributed by atoms with Gasteiger partial charge in [-0.1, -0.05) is 6.92 Å². The minimum absolute atomic E-state index is 0.0932. The number of hydrogen-bond donors (Lipinski definition) is 1. The van der Waals surface area contributed by atoms with Gasteiger partial charge in [0, 0.05) is 13.6 Å². The Morgan fingerprint density at radius 3 is 2.89 bits per heavy atom. The third kappa shape index (κ3) is 3.48. The average molecular weight is 249 g/mol. The van der Waals surface area contributed by atoms with Crippen molar-refractivity contribution in [1.82, 2.24) is 9.97 Å². The second kappa shape index (κ2) is 6.64. The van der Waals surface area contributed by atoms with Crippen LogP contribution in [0.25, 0.3) is 0 Å². The van der Waals surface area contributed by atoms with Crippen molar-refractivity contribution in [3.63, 3.8) is 0 Å². The summed E-state index contributed by atoms with van der Waals surface area (Å²) < 4.78 is 5.44. The molecule has 0 aromatic carbocycles. The van der Waals surface area contributed by atoms with E-state index in [2.05, 4.69) is 16.0 Å². The van der Waals surface area contributed by atoms with Gasteiger partial charge in [0.1, 0.15) is 12.0 Å². The van der Waals surface area contributed by atoms with E-state index < -0.39 is 0 Å². The van der Waals surface area contributed by atoms with E-state index in [0.717, 1.165) is 6.42 Å². The van der Waals surface area contributed by atoms with Crippen LogP contribution in [0.2, 0.25) is 0 Å². The maximum absolute atomic E-state index is 8.81. The number of hydrogen-bond acceptors (Lipinski definition) is 6. The van der Waals surface area contributed by atoms with E-state index in [9.17, 15) is 0 Å². The summed E-state index contributed by atoms with van der Waals surface area (Å²) in [6.45, 7) is 4.99. The molecule has 98 valence electrons. The highest BCUT2D eigenvalue weighted by molar-refractivity contribution is 5.67. The van der Waals surface area contributed by atoms with Gasteiger partial charge in [-0.3, -0.25) is 0 Å². The first kappa shape index (κ1) is 14.0. The van der Waals surface area contributed by atoms with E-state index in [0.29, 0.717) is 30.5 Å². The molecule has 1 aromatic heterocycles. The number of nitrogens with two attached hydrogens (primary N) is 1. The van der Waals surface area contributed by atoms with E-state index >= 15 is 0 Å². The first-order chi connectivity index (χ1) is 8.60. The van der Waals surface area contributed by atoms with Gasteiger partial charge < -0.3 is 15.4 Å². The molecule has 0 amide bonds. The van der Waals surface area contributed by atoms with Crippen molar-refractivity contribution in [2.75, 3.05) is 30.8 Å². The largest absolute Gasteiger partial charge is 0.476 e. The average Bonchev–Trinajstić information content (AvgIpc) is 2.37. The molecule has 0 aliphatic heterocycles. The normalized spacial score (nSPS) is 11.7. The molecule has 0 fully saturated rings. The predicted octanol–water partition coefficient (Wildman–Crippen LogP) is 1.44. The molecule has 0 saturated heterocycles. The quantitative estimate of drug-likeness (QED) is 0.820. The molecule has 0 aliphatic carbocycles. The minimum atomic E-state index is -0.0932. The Labute approximate surface area is 107 Å². The number of nitrogens with zero attached hydrogens (tertiary/aromatic N) is 4. The predicted molar refractivity (Wildman–Crippen MR) is 70.3 cm³/mol. The molecule has 1 rings (SSSR count). The maximum atomic E-state index is 8.81. The van der Waals surface area contributed by atoms with Gasteiger partial charge in [-0.05, 0) is 13.3 Å². The van der Waals surface area contributed by atoms with Crippen LogP contribution in [0.15, 0.2) is 6.33 Å². The van der Waals surface area contributed by atoms with Crippen molar-refractivity contribution < 1.29 is 4.74 Å². The molecular formula is C12H19N5O. The molecule has 18 heavy (non-hydrogen) atoms. The highest BCUT2D eigenvalue weighted by Gasteiger charge is 2.14. The van der Waals surface area contributed by atoms with Crippen molar-refractivity contribution in [3.05, 3.63) is 6.33 Å². The Balaban J connectivity index is 2.86. The second-order valence-corrected chi connectivity index (χ2v) is 4.18. The molecule has 1 heterocycles. The lowest BCUT2D eigenvalue weighted by Crippen LogP contribution is -2.25. The second-order valence-electron chi connectivity index (χ2n) is 4.18. The Morgan fingerprint density at radius 1 is 1.56 bits per heavy atom. The SMILES string of the molecule is CCCOc1ncnc(N(C)CC(C)C#N)c1N. The van der Waals surface area contributed by atoms with Crippen LogP contribution < -0.4 is 15.4 Å². The third-order valence-corrected chi connectivity index (χ3v) is 2.40. The zero-order valence-electron chi connectivity index (χ0n) is 11.1. The first-order valence-corrected chi connectivity index (χ1v) is 5.94. The molecule has 0 saturated carbocycles. The molecule has 1 atom stereocenters. The Hall–Kier alpha value is -2.03. The van der Waals surface area contributed by atoms with Crippen molar-refractivity contribution in [3.8, 4) is 11.9 Å². The summed E-state index contributed by atoms with van der Waals surface area (Å²) in [4.78, 5) is 9.98. The van der Waals surface area contributed by atoms with E-state index in [-0.39, 0.29) is 5.92 Å². The van der Waals surface area contributed by atoms with Crippen LogP contribution in [0.5, 0.6) is 5.88 Å². The molecule has 2 N–H and O–H groups in total. The Morgan fingerprint density at radius 2 is 2.28 bits per heavy atom. The van der Waals surface area contributed by atoms with Crippen LogP contribution in [0.3, 0.4) is 0 Å². The van der Waals surface area contributed by atoms with E-state index in [4.69, 9.17) is 15.7 Å². The summed E-state index contributed by atoms with van der Waals surface area (Å²) in [5.74, 6) is 0.904. The lowest BCUT2D eigenvalue weighted by molar-refractivity contribution is 0.306. The van der Waals surface area contributed by atoms with Crippen molar-refractivity contribution in [2.24, 2.45) is 5.92 Å². The number of aromatic nitrogens is 2. The monoisotopic (exact) mass is 249 g/mol. The zero-order valence-corrected chi connectivity index (χ0v) is 11.1. The van der Waals surface area contributed by atoms with Crippen LogP contribution in [0.1, 0.15) is 20.3 Å². The molecule has 0 radical (unpaired) electrons. The van der Waals surface area contributed by atoms with E-state index in [1.807, 2.05) is 25.8 Å². The number of rotatable bonds is 6. The summed E-state index contributed by atoms with van der Waals surface area (Å²) in [5.41, 5.74) is 6.38. The van der Waals surface area contributed by atoms with Gasteiger partial charge in [-0.2, -0.15) is 10.2 Å². The van der Waals surface area contributed by atoms with Crippen LogP contribution >= 0.6 is 0 Å². The summed E-state index contributed by atoms with van der Waals surface area (Å²) in [5, 5.41) is 8.81. The number of nitrogen functional groups attached to an aromatic ring is 1. The fourth-order valence-electron chi connectivity index (χ4n) is 1.53. The summed E-state index contributed by atoms with van der Waals surface area (Å²) >= 11 is 0. The van der Waals surface area contributed by atoms with Gasteiger partial charge in [0.05, 0.1) is 18.6 Å². The topological polar surface area (TPSA) is 88.1 Å². The minimum Gasteiger partial charge on any atom is -0.476 e. The zero-order chi connectivity index (χ0) is 13.5. The summed E-state index contributed by atoms with van der Waals surface area (Å²) in [6, 6.07) is 2.18. The van der Waals surface area contributed by atoms with Crippen molar-refractivity contribution in [2.45, 2.75) is 20.3 Å². The van der Waals surface area contributed by atoms with Crippen LogP contribution in [0.4, 0.5) is 11.5 Å². The van der Waals surface area contributed by atoms with E-state index in [1.165, 1.54) is 6.33 Å². The molecule has 0 bridgehead atoms. The van der Waals surface area contributed by atoms with Crippen LogP contribution in [-0.2, 0) is 0 Å². The van der Waals surface area contributed by atoms with E-state index in [1.54, 1.807) is 0 Å². The van der Waals surface area contributed by atoms with Crippen LogP contribution in [0, 0.1) is 17.2 Å². The smallest absolute Gasteiger partial charge is 0.242 e. The Bertz CT molecular complexity index is 429. The molecule has 0 aliphatic rings. The molecule has 6 nitrogen and oxygen atoms in total. The van der Waals surface area contributed by atoms with Gasteiger partial charge >= 0.3 is 0 Å². The molecule has 1 unspecified atom stereocenters. The fraction of sp³-hybridized carbons (Fsp3) is 0.583. The highest BCUT2D eigenvalue weighted by Crippen LogP contribution is 2.27. The van der Waals surface area contributed by atoms with Gasteiger partial charge in [-0.15, -0.1) is 0 Å². The molecular weight excluding hydrogens is 230 g/mol. The molecule has 0 spiro atoms. The third-order valence-electron chi connectivity index (χ3n) is 2.40. The number of anilines is 2. The number of nitriles is 1. The molecule has 6 heteroatoms. The van der Waals surface area contributed by atoms with Gasteiger partial charge in [0.15, 0.2) is 5.82 Å². The Kier molecular flexibility index (Phi) is 5.18. The van der Waals surface area contributed by atoms with Gasteiger partial charge in [0.25, 0.3) is 0 Å². The van der Waals surface area contributed by atoms with Crippen LogP contribution in [-0.4, -0.2) is 30.2 Å². The van der Waals surface area contributed by atoms with Crippen molar-refractivity contribution in [1.29, 1.82) is 5.26 Å². The maximum Gasteiger partial charge on any atom is 0.242 e. The molecule has 1 aromatic rings. The van der Waals surface area contributed by atoms with Gasteiger partial charge in [0.2, 0.25) is 5.88 Å². The van der Waals surface area contributed by atoms with Crippen molar-refractivity contribution >= 4 is 11.5 Å². The fourth-order valence-corrected chi connectivity index (χ4v) is 1.53. The summed E-state index contributed by atoms with van der Waals surface area (Å²) in [7, 11) is 1.84. The summed E-state index contributed by atoms with van der Waals surface area (Å²) in [6.07, 6.45) is 2.31. The van der Waals surface area contributed by atoms with Gasteiger partial charge in [-0.25, -0.2) is 4.98 Å². The number of ether oxygens (including phenoxy) is 1. The highest BCUT2D eigenvalue weighted by atomic mass is 16.5. The lowest BCUT2D eigenvalue weighted by atomic mass is 10.2. The first-order valence-electron chi connectivity index (χ1n) is 5.94.